The standard InChI is InChI=1S/C36H44N2O4/c1-5-6-7-8-9-10-11-12-26-13-15-28(16-14-26)34(39)37-31-21-19-27(20-22-31)29-17-18-30-24-38(35(40)32(30)23-29)33(25(2)3)36(41)42-4/h13-23,25,33H,5-12,24H2,1-4H3,(H,37,39). The second kappa shape index (κ2) is 14.8. The minimum absolute atomic E-state index is 0.0641. The first kappa shape index (κ1) is 31.0. The van der Waals surface area contributed by atoms with Crippen LogP contribution in [0.2, 0.25) is 0 Å². The van der Waals surface area contributed by atoms with Crippen LogP contribution in [0.15, 0.2) is 66.7 Å². The van der Waals surface area contributed by atoms with Gasteiger partial charge in [0, 0.05) is 23.4 Å². The number of hydrogen-bond donors (Lipinski definition) is 1. The second-order valence-corrected chi connectivity index (χ2v) is 11.6. The number of nitrogens with one attached hydrogen (secondary N) is 1. The highest BCUT2D eigenvalue weighted by Gasteiger charge is 2.38. The molecule has 1 N–H and O–H groups in total. The number of amides is 2. The molecule has 42 heavy (non-hydrogen) atoms. The van der Waals surface area contributed by atoms with Crippen molar-refractivity contribution in [2.45, 2.75) is 84.7 Å². The highest BCUT2D eigenvalue weighted by Crippen LogP contribution is 2.32. The van der Waals surface area contributed by atoms with Gasteiger partial charge in [0.1, 0.15) is 6.04 Å². The van der Waals surface area contributed by atoms with Gasteiger partial charge in [0.05, 0.1) is 7.11 Å². The Morgan fingerprint density at radius 3 is 2.14 bits per heavy atom. The number of carbonyl (C=O) groups excluding carboxylic acids is 3. The van der Waals surface area contributed by atoms with E-state index in [0.717, 1.165) is 23.1 Å². The molecular weight excluding hydrogens is 524 g/mol. The van der Waals surface area contributed by atoms with Crippen LogP contribution in [-0.4, -0.2) is 35.8 Å². The highest BCUT2D eigenvalue weighted by molar-refractivity contribution is 6.04. The maximum Gasteiger partial charge on any atom is 0.328 e. The number of benzene rings is 3. The Hall–Kier alpha value is -3.93. The van der Waals surface area contributed by atoms with Gasteiger partial charge in [0.25, 0.3) is 11.8 Å². The fourth-order valence-corrected chi connectivity index (χ4v) is 5.67. The van der Waals surface area contributed by atoms with Crippen LogP contribution in [0.1, 0.15) is 97.6 Å². The molecule has 3 aromatic carbocycles. The third kappa shape index (κ3) is 7.67. The van der Waals surface area contributed by atoms with Crippen molar-refractivity contribution >= 4 is 23.5 Å². The van der Waals surface area contributed by atoms with Gasteiger partial charge in [-0.25, -0.2) is 4.79 Å². The van der Waals surface area contributed by atoms with Crippen LogP contribution >= 0.6 is 0 Å². The van der Waals surface area contributed by atoms with Crippen molar-refractivity contribution in [2.24, 2.45) is 5.92 Å². The van der Waals surface area contributed by atoms with Crippen molar-refractivity contribution in [1.29, 1.82) is 0 Å². The van der Waals surface area contributed by atoms with E-state index in [2.05, 4.69) is 24.4 Å². The zero-order chi connectivity index (χ0) is 30.1. The third-order valence-electron chi connectivity index (χ3n) is 8.11. The van der Waals surface area contributed by atoms with E-state index in [-0.39, 0.29) is 17.7 Å². The molecule has 1 heterocycles. The summed E-state index contributed by atoms with van der Waals surface area (Å²) in [5, 5.41) is 2.98. The molecule has 0 saturated heterocycles. The molecule has 0 bridgehead atoms. The summed E-state index contributed by atoms with van der Waals surface area (Å²) in [7, 11) is 1.35. The fraction of sp³-hybridized carbons (Fsp3) is 0.417. The van der Waals surface area contributed by atoms with Crippen molar-refractivity contribution in [3.05, 3.63) is 89.0 Å². The predicted octanol–water partition coefficient (Wildman–Crippen LogP) is 8.05. The summed E-state index contributed by atoms with van der Waals surface area (Å²) in [6.45, 7) is 6.46. The van der Waals surface area contributed by atoms with E-state index >= 15 is 0 Å². The fourth-order valence-electron chi connectivity index (χ4n) is 5.67. The molecule has 1 aliphatic rings. The van der Waals surface area contributed by atoms with E-state index in [4.69, 9.17) is 4.74 Å². The molecular formula is C36H44N2O4. The zero-order valence-corrected chi connectivity index (χ0v) is 25.4. The maximum absolute atomic E-state index is 13.3. The van der Waals surface area contributed by atoms with Crippen molar-refractivity contribution in [2.75, 3.05) is 12.4 Å². The van der Waals surface area contributed by atoms with Crippen LogP contribution in [0, 0.1) is 5.92 Å². The monoisotopic (exact) mass is 568 g/mol. The molecule has 222 valence electrons. The minimum atomic E-state index is -0.623. The van der Waals surface area contributed by atoms with Gasteiger partial charge in [0.2, 0.25) is 0 Å². The molecule has 1 atom stereocenters. The number of aryl methyl sites for hydroxylation is 1. The number of hydrogen-bond acceptors (Lipinski definition) is 4. The van der Waals surface area contributed by atoms with Gasteiger partial charge in [0.15, 0.2) is 0 Å². The molecule has 0 aliphatic carbocycles. The minimum Gasteiger partial charge on any atom is -0.467 e. The number of carbonyl (C=O) groups is 3. The normalized spacial score (nSPS) is 13.3. The van der Waals surface area contributed by atoms with Crippen LogP contribution in [0.4, 0.5) is 5.69 Å². The van der Waals surface area contributed by atoms with E-state index in [9.17, 15) is 14.4 Å². The Morgan fingerprint density at radius 1 is 0.857 bits per heavy atom. The van der Waals surface area contributed by atoms with Crippen LogP contribution < -0.4 is 5.32 Å². The summed E-state index contributed by atoms with van der Waals surface area (Å²) in [6, 6.07) is 20.7. The van der Waals surface area contributed by atoms with Crippen LogP contribution in [0.25, 0.3) is 11.1 Å². The zero-order valence-electron chi connectivity index (χ0n) is 25.4. The summed E-state index contributed by atoms with van der Waals surface area (Å²) in [6.07, 6.45) is 10.1. The molecule has 2 amide bonds. The van der Waals surface area contributed by atoms with Crippen LogP contribution in [0.5, 0.6) is 0 Å². The molecule has 1 aliphatic heterocycles. The van der Waals surface area contributed by atoms with Gasteiger partial charge in [-0.1, -0.05) is 95.7 Å². The first-order chi connectivity index (χ1) is 20.3. The average Bonchev–Trinajstić information content (AvgIpc) is 3.32. The molecule has 0 spiro atoms. The number of rotatable bonds is 14. The summed E-state index contributed by atoms with van der Waals surface area (Å²) in [5.74, 6) is -0.763. The van der Waals surface area contributed by atoms with E-state index in [1.807, 2.05) is 68.4 Å². The molecule has 6 heteroatoms. The number of fused-ring (bicyclic) bond motifs is 1. The van der Waals surface area contributed by atoms with Crippen molar-refractivity contribution < 1.29 is 19.1 Å². The largest absolute Gasteiger partial charge is 0.467 e. The molecule has 4 rings (SSSR count). The van der Waals surface area contributed by atoms with Gasteiger partial charge in [-0.15, -0.1) is 0 Å². The highest BCUT2D eigenvalue weighted by atomic mass is 16.5. The molecule has 6 nitrogen and oxygen atoms in total. The number of methoxy groups -OCH3 is 1. The Balaban J connectivity index is 1.33. The van der Waals surface area contributed by atoms with Gasteiger partial charge < -0.3 is 15.0 Å². The summed E-state index contributed by atoms with van der Waals surface area (Å²) in [5.41, 5.74) is 5.95. The average molecular weight is 569 g/mol. The SMILES string of the molecule is CCCCCCCCCc1ccc(C(=O)Nc2ccc(-c3ccc4c(c3)C(=O)N(C(C(=O)OC)C(C)C)C4)cc2)cc1. The summed E-state index contributed by atoms with van der Waals surface area (Å²) in [4.78, 5) is 40.1. The van der Waals surface area contributed by atoms with Gasteiger partial charge in [-0.3, -0.25) is 9.59 Å². The van der Waals surface area contributed by atoms with Crippen molar-refractivity contribution in [1.82, 2.24) is 4.90 Å². The lowest BCUT2D eigenvalue weighted by atomic mass is 10.00. The molecule has 0 saturated carbocycles. The lowest BCUT2D eigenvalue weighted by Crippen LogP contribution is -2.45. The second-order valence-electron chi connectivity index (χ2n) is 11.6. The number of ether oxygens (including phenoxy) is 1. The quantitative estimate of drug-likeness (QED) is 0.158. The molecule has 1 unspecified atom stereocenters. The number of esters is 1. The predicted molar refractivity (Wildman–Crippen MR) is 168 cm³/mol. The van der Waals surface area contributed by atoms with E-state index in [0.29, 0.717) is 23.4 Å². The maximum atomic E-state index is 13.3. The first-order valence-electron chi connectivity index (χ1n) is 15.3. The Kier molecular flexibility index (Phi) is 10.9. The number of anilines is 1. The van der Waals surface area contributed by atoms with Crippen molar-refractivity contribution in [3.63, 3.8) is 0 Å². The lowest BCUT2D eigenvalue weighted by molar-refractivity contribution is -0.147. The topological polar surface area (TPSA) is 75.7 Å². The van der Waals surface area contributed by atoms with Crippen molar-refractivity contribution in [3.8, 4) is 11.1 Å². The molecule has 0 aromatic heterocycles. The molecule has 0 radical (unpaired) electrons. The van der Waals surface area contributed by atoms with Gasteiger partial charge in [-0.2, -0.15) is 0 Å². The first-order valence-corrected chi connectivity index (χ1v) is 15.3. The Morgan fingerprint density at radius 2 is 1.50 bits per heavy atom. The van der Waals surface area contributed by atoms with E-state index in [1.165, 1.54) is 57.6 Å². The molecule has 0 fully saturated rings. The number of nitrogens with zero attached hydrogens (tertiary/aromatic N) is 1. The van der Waals surface area contributed by atoms with Gasteiger partial charge >= 0.3 is 5.97 Å². The Labute approximate surface area is 250 Å². The van der Waals surface area contributed by atoms with E-state index in [1.54, 1.807) is 4.90 Å². The lowest BCUT2D eigenvalue weighted by Gasteiger charge is -2.28. The third-order valence-corrected chi connectivity index (χ3v) is 8.11. The smallest absolute Gasteiger partial charge is 0.328 e. The van der Waals surface area contributed by atoms with Crippen LogP contribution in [-0.2, 0) is 22.5 Å². The summed E-state index contributed by atoms with van der Waals surface area (Å²) >= 11 is 0. The summed E-state index contributed by atoms with van der Waals surface area (Å²) < 4.78 is 4.97. The van der Waals surface area contributed by atoms with Crippen LogP contribution in [0.3, 0.4) is 0 Å². The molecule has 3 aromatic rings. The van der Waals surface area contributed by atoms with Gasteiger partial charge in [-0.05, 0) is 71.3 Å². The van der Waals surface area contributed by atoms with E-state index < -0.39 is 12.0 Å². The number of unbranched alkanes of at least 4 members (excludes halogenated alkanes) is 6. The Bertz CT molecular complexity index is 1360.